The lowest BCUT2D eigenvalue weighted by molar-refractivity contribution is 0.0749. The second kappa shape index (κ2) is 4.23. The largest absolute Gasteiger partial charge is 0.390 e. The Morgan fingerprint density at radius 2 is 2.00 bits per heavy atom. The van der Waals surface area contributed by atoms with E-state index in [1.165, 1.54) is 0 Å². The topological polar surface area (TPSA) is 45.1 Å². The van der Waals surface area contributed by atoms with E-state index in [0.717, 1.165) is 18.7 Å². The van der Waals surface area contributed by atoms with Crippen molar-refractivity contribution in [2.45, 2.75) is 25.9 Å². The molecule has 0 aliphatic carbocycles. The molecular formula is C10H16N2O. The molecule has 3 heteroatoms. The number of nitrogens with zero attached hydrogens (tertiary/aromatic N) is 1. The Morgan fingerprint density at radius 3 is 2.54 bits per heavy atom. The first-order valence-corrected chi connectivity index (χ1v) is 4.44. The highest BCUT2D eigenvalue weighted by atomic mass is 16.3. The molecule has 0 fully saturated rings. The van der Waals surface area contributed by atoms with Crippen LogP contribution in [0.1, 0.15) is 20.3 Å². The molecule has 0 radical (unpaired) electrons. The zero-order valence-corrected chi connectivity index (χ0v) is 8.12. The van der Waals surface area contributed by atoms with Crippen LogP contribution in [0.15, 0.2) is 24.5 Å². The molecule has 2 N–H and O–H groups in total. The maximum absolute atomic E-state index is 9.44. The average Bonchev–Trinajstić information content (AvgIpc) is 2.04. The third kappa shape index (κ3) is 4.48. The molecular weight excluding hydrogens is 164 g/mol. The Hall–Kier alpha value is -1.09. The van der Waals surface area contributed by atoms with Gasteiger partial charge >= 0.3 is 0 Å². The van der Waals surface area contributed by atoms with Crippen molar-refractivity contribution in [1.82, 2.24) is 4.98 Å². The van der Waals surface area contributed by atoms with Crippen molar-refractivity contribution >= 4 is 5.69 Å². The summed E-state index contributed by atoms with van der Waals surface area (Å²) in [4.78, 5) is 3.91. The minimum absolute atomic E-state index is 0.597. The summed E-state index contributed by atoms with van der Waals surface area (Å²) in [7, 11) is 0. The van der Waals surface area contributed by atoms with E-state index < -0.39 is 5.60 Å². The van der Waals surface area contributed by atoms with E-state index in [1.54, 1.807) is 26.2 Å². The van der Waals surface area contributed by atoms with Gasteiger partial charge in [-0.3, -0.25) is 4.98 Å². The molecule has 3 nitrogen and oxygen atoms in total. The Morgan fingerprint density at radius 1 is 1.38 bits per heavy atom. The molecule has 1 rings (SSSR count). The number of rotatable bonds is 4. The van der Waals surface area contributed by atoms with Crippen LogP contribution in [0.4, 0.5) is 5.69 Å². The SMILES string of the molecule is CC(C)(O)CCNc1ccncc1. The Balaban J connectivity index is 2.29. The molecule has 13 heavy (non-hydrogen) atoms. The lowest BCUT2D eigenvalue weighted by Crippen LogP contribution is -2.22. The average molecular weight is 180 g/mol. The summed E-state index contributed by atoms with van der Waals surface area (Å²) in [5, 5.41) is 12.6. The van der Waals surface area contributed by atoms with E-state index in [1.807, 2.05) is 12.1 Å². The van der Waals surface area contributed by atoms with Gasteiger partial charge in [0, 0.05) is 24.6 Å². The third-order valence-corrected chi connectivity index (χ3v) is 1.75. The van der Waals surface area contributed by atoms with Crippen LogP contribution in [0.5, 0.6) is 0 Å². The van der Waals surface area contributed by atoms with E-state index in [4.69, 9.17) is 0 Å². The van der Waals surface area contributed by atoms with Crippen LogP contribution < -0.4 is 5.32 Å². The summed E-state index contributed by atoms with van der Waals surface area (Å²) < 4.78 is 0. The van der Waals surface area contributed by atoms with Gasteiger partial charge in [0.05, 0.1) is 5.60 Å². The zero-order valence-electron chi connectivity index (χ0n) is 8.12. The molecule has 0 atom stereocenters. The van der Waals surface area contributed by atoms with Crippen LogP contribution in [0.25, 0.3) is 0 Å². The second-order valence-electron chi connectivity index (χ2n) is 3.73. The number of hydrogen-bond acceptors (Lipinski definition) is 3. The molecule has 0 amide bonds. The van der Waals surface area contributed by atoms with Crippen LogP contribution in [0.3, 0.4) is 0 Å². The number of aromatic nitrogens is 1. The van der Waals surface area contributed by atoms with Gasteiger partial charge in [-0.2, -0.15) is 0 Å². The molecule has 72 valence electrons. The highest BCUT2D eigenvalue weighted by Crippen LogP contribution is 2.08. The Labute approximate surface area is 78.8 Å². The fourth-order valence-corrected chi connectivity index (χ4v) is 0.983. The van der Waals surface area contributed by atoms with Crippen LogP contribution in [-0.2, 0) is 0 Å². The van der Waals surface area contributed by atoms with Gasteiger partial charge in [0.15, 0.2) is 0 Å². The van der Waals surface area contributed by atoms with Gasteiger partial charge in [0.2, 0.25) is 0 Å². The lowest BCUT2D eigenvalue weighted by atomic mass is 10.1. The van der Waals surface area contributed by atoms with Crippen molar-refractivity contribution in [3.63, 3.8) is 0 Å². The molecule has 1 aromatic rings. The van der Waals surface area contributed by atoms with Crippen LogP contribution in [0.2, 0.25) is 0 Å². The summed E-state index contributed by atoms with van der Waals surface area (Å²) in [6, 6.07) is 3.81. The quantitative estimate of drug-likeness (QED) is 0.740. The molecule has 1 heterocycles. The predicted molar refractivity (Wildman–Crippen MR) is 53.6 cm³/mol. The Kier molecular flexibility index (Phi) is 3.25. The molecule has 0 aliphatic heterocycles. The van der Waals surface area contributed by atoms with E-state index in [0.29, 0.717) is 0 Å². The second-order valence-corrected chi connectivity index (χ2v) is 3.73. The minimum Gasteiger partial charge on any atom is -0.390 e. The summed E-state index contributed by atoms with van der Waals surface area (Å²) in [5.41, 5.74) is 0.444. The van der Waals surface area contributed by atoms with Gasteiger partial charge in [-0.25, -0.2) is 0 Å². The highest BCUT2D eigenvalue weighted by Gasteiger charge is 2.10. The molecule has 0 aromatic carbocycles. The summed E-state index contributed by atoms with van der Waals surface area (Å²) in [6.07, 6.45) is 4.22. The van der Waals surface area contributed by atoms with Crippen molar-refractivity contribution in [2.24, 2.45) is 0 Å². The molecule has 0 saturated heterocycles. The van der Waals surface area contributed by atoms with Crippen molar-refractivity contribution in [2.75, 3.05) is 11.9 Å². The van der Waals surface area contributed by atoms with E-state index in [9.17, 15) is 5.11 Å². The number of aliphatic hydroxyl groups is 1. The normalized spacial score (nSPS) is 11.3. The molecule has 0 aliphatic rings. The summed E-state index contributed by atoms with van der Waals surface area (Å²) in [6.45, 7) is 4.38. The van der Waals surface area contributed by atoms with Gasteiger partial charge in [-0.1, -0.05) is 0 Å². The smallest absolute Gasteiger partial charge is 0.0608 e. The van der Waals surface area contributed by atoms with Crippen molar-refractivity contribution in [3.8, 4) is 0 Å². The minimum atomic E-state index is -0.597. The number of hydrogen-bond donors (Lipinski definition) is 2. The zero-order chi connectivity index (χ0) is 9.73. The monoisotopic (exact) mass is 180 g/mol. The first-order chi connectivity index (χ1) is 6.08. The van der Waals surface area contributed by atoms with Gasteiger partial charge in [-0.15, -0.1) is 0 Å². The van der Waals surface area contributed by atoms with Gasteiger partial charge in [-0.05, 0) is 32.4 Å². The number of pyridine rings is 1. The fourth-order valence-electron chi connectivity index (χ4n) is 0.983. The van der Waals surface area contributed by atoms with Crippen molar-refractivity contribution in [1.29, 1.82) is 0 Å². The highest BCUT2D eigenvalue weighted by molar-refractivity contribution is 5.40. The Bertz CT molecular complexity index is 241. The molecule has 0 bridgehead atoms. The standard InChI is InChI=1S/C10H16N2O/c1-10(2,13)5-8-12-9-3-6-11-7-4-9/h3-4,6-7,13H,5,8H2,1-2H3,(H,11,12). The van der Waals surface area contributed by atoms with Crippen LogP contribution in [0, 0.1) is 0 Å². The fraction of sp³-hybridized carbons (Fsp3) is 0.500. The van der Waals surface area contributed by atoms with Gasteiger partial charge < -0.3 is 10.4 Å². The van der Waals surface area contributed by atoms with E-state index in [2.05, 4.69) is 10.3 Å². The first kappa shape index (κ1) is 9.99. The number of nitrogens with one attached hydrogen (secondary N) is 1. The van der Waals surface area contributed by atoms with Crippen LogP contribution >= 0.6 is 0 Å². The van der Waals surface area contributed by atoms with Crippen molar-refractivity contribution < 1.29 is 5.11 Å². The molecule has 0 spiro atoms. The maximum Gasteiger partial charge on any atom is 0.0608 e. The maximum atomic E-state index is 9.44. The molecule has 0 unspecified atom stereocenters. The van der Waals surface area contributed by atoms with Gasteiger partial charge in [0.25, 0.3) is 0 Å². The summed E-state index contributed by atoms with van der Waals surface area (Å²) in [5.74, 6) is 0. The summed E-state index contributed by atoms with van der Waals surface area (Å²) >= 11 is 0. The molecule has 0 saturated carbocycles. The van der Waals surface area contributed by atoms with E-state index >= 15 is 0 Å². The van der Waals surface area contributed by atoms with Crippen LogP contribution in [-0.4, -0.2) is 22.2 Å². The predicted octanol–water partition coefficient (Wildman–Crippen LogP) is 1.65. The lowest BCUT2D eigenvalue weighted by Gasteiger charge is -2.17. The first-order valence-electron chi connectivity index (χ1n) is 4.44. The molecule has 1 aromatic heterocycles. The third-order valence-electron chi connectivity index (χ3n) is 1.75. The van der Waals surface area contributed by atoms with Crippen molar-refractivity contribution in [3.05, 3.63) is 24.5 Å². The van der Waals surface area contributed by atoms with E-state index in [-0.39, 0.29) is 0 Å². The number of anilines is 1. The van der Waals surface area contributed by atoms with Gasteiger partial charge in [0.1, 0.15) is 0 Å².